The summed E-state index contributed by atoms with van der Waals surface area (Å²) < 4.78 is 5.21. The molecule has 2 aromatic rings. The fourth-order valence-corrected chi connectivity index (χ4v) is 4.88. The van der Waals surface area contributed by atoms with Crippen molar-refractivity contribution in [2.75, 3.05) is 12.4 Å². The van der Waals surface area contributed by atoms with E-state index in [2.05, 4.69) is 5.32 Å². The number of halogens is 2. The van der Waals surface area contributed by atoms with Crippen LogP contribution in [0.15, 0.2) is 12.1 Å². The van der Waals surface area contributed by atoms with Crippen molar-refractivity contribution in [1.29, 1.82) is 0 Å². The minimum absolute atomic E-state index is 0.196. The Morgan fingerprint density at radius 3 is 2.64 bits per heavy atom. The second-order valence-electron chi connectivity index (χ2n) is 5.70. The van der Waals surface area contributed by atoms with Gasteiger partial charge in [-0.2, -0.15) is 0 Å². The SMILES string of the molecule is COc1c(Cl)cc(Cl)cc1C(=O)Nc1sc2c(c1C(N)=O)CCCC2. The maximum absolute atomic E-state index is 12.7. The highest BCUT2D eigenvalue weighted by Crippen LogP contribution is 2.39. The van der Waals surface area contributed by atoms with E-state index >= 15 is 0 Å². The van der Waals surface area contributed by atoms with Crippen LogP contribution in [0.5, 0.6) is 5.75 Å². The number of hydrogen-bond acceptors (Lipinski definition) is 4. The van der Waals surface area contributed by atoms with Crippen molar-refractivity contribution >= 4 is 51.4 Å². The molecule has 0 saturated carbocycles. The number of aryl methyl sites for hydroxylation is 1. The van der Waals surface area contributed by atoms with Gasteiger partial charge in [-0.05, 0) is 43.4 Å². The van der Waals surface area contributed by atoms with Gasteiger partial charge in [0.05, 0.1) is 23.3 Å². The van der Waals surface area contributed by atoms with Crippen molar-refractivity contribution in [3.63, 3.8) is 0 Å². The van der Waals surface area contributed by atoms with Crippen molar-refractivity contribution in [2.24, 2.45) is 5.73 Å². The van der Waals surface area contributed by atoms with E-state index in [1.807, 2.05) is 0 Å². The molecule has 1 heterocycles. The molecule has 5 nitrogen and oxygen atoms in total. The average molecular weight is 399 g/mol. The number of benzene rings is 1. The van der Waals surface area contributed by atoms with Gasteiger partial charge in [-0.15, -0.1) is 11.3 Å². The number of nitrogens with two attached hydrogens (primary N) is 1. The number of fused-ring (bicyclic) bond motifs is 1. The maximum Gasteiger partial charge on any atom is 0.260 e. The van der Waals surface area contributed by atoms with Crippen LogP contribution in [0.25, 0.3) is 0 Å². The molecule has 0 atom stereocenters. The van der Waals surface area contributed by atoms with Crippen molar-refractivity contribution < 1.29 is 14.3 Å². The van der Waals surface area contributed by atoms with Crippen LogP contribution in [0, 0.1) is 0 Å². The molecule has 1 aromatic carbocycles. The monoisotopic (exact) mass is 398 g/mol. The summed E-state index contributed by atoms with van der Waals surface area (Å²) in [4.78, 5) is 25.8. The largest absolute Gasteiger partial charge is 0.494 e. The molecule has 0 saturated heterocycles. The highest BCUT2D eigenvalue weighted by atomic mass is 35.5. The predicted octanol–water partition coefficient (Wildman–Crippen LogP) is 4.29. The Labute approximate surface area is 159 Å². The number of nitrogens with one attached hydrogen (secondary N) is 1. The number of anilines is 1. The molecule has 3 N–H and O–H groups in total. The Morgan fingerprint density at radius 1 is 1.24 bits per heavy atom. The zero-order valence-corrected chi connectivity index (χ0v) is 15.8. The van der Waals surface area contributed by atoms with Crippen LogP contribution in [-0.2, 0) is 12.8 Å². The number of methoxy groups -OCH3 is 1. The molecule has 132 valence electrons. The summed E-state index contributed by atoms with van der Waals surface area (Å²) in [5.74, 6) is -0.765. The third-order valence-electron chi connectivity index (χ3n) is 4.10. The first-order chi connectivity index (χ1) is 11.9. The number of hydrogen-bond donors (Lipinski definition) is 2. The van der Waals surface area contributed by atoms with E-state index in [1.165, 1.54) is 30.6 Å². The number of primary amides is 1. The quantitative estimate of drug-likeness (QED) is 0.805. The van der Waals surface area contributed by atoms with E-state index in [-0.39, 0.29) is 16.3 Å². The number of carbonyl (C=O) groups is 2. The highest BCUT2D eigenvalue weighted by Gasteiger charge is 2.26. The van der Waals surface area contributed by atoms with Gasteiger partial charge in [-0.25, -0.2) is 0 Å². The van der Waals surface area contributed by atoms with E-state index in [1.54, 1.807) is 0 Å². The molecular formula is C17H16Cl2N2O3S. The molecule has 0 radical (unpaired) electrons. The van der Waals surface area contributed by atoms with Gasteiger partial charge >= 0.3 is 0 Å². The van der Waals surface area contributed by atoms with Crippen molar-refractivity contribution in [1.82, 2.24) is 0 Å². The van der Waals surface area contributed by atoms with Crippen LogP contribution < -0.4 is 15.8 Å². The Bertz CT molecular complexity index is 864. The highest BCUT2D eigenvalue weighted by molar-refractivity contribution is 7.17. The first-order valence-corrected chi connectivity index (χ1v) is 9.28. The summed E-state index contributed by atoms with van der Waals surface area (Å²) in [7, 11) is 1.42. The fourth-order valence-electron chi connectivity index (χ4n) is 3.02. The molecule has 0 unspecified atom stereocenters. The predicted molar refractivity (Wildman–Crippen MR) is 100 cm³/mol. The smallest absolute Gasteiger partial charge is 0.260 e. The lowest BCUT2D eigenvalue weighted by molar-refractivity contribution is 0.100. The van der Waals surface area contributed by atoms with Crippen molar-refractivity contribution in [2.45, 2.75) is 25.7 Å². The number of thiophene rings is 1. The number of amides is 2. The molecule has 1 aliphatic carbocycles. The summed E-state index contributed by atoms with van der Waals surface area (Å²) in [6.07, 6.45) is 3.76. The molecule has 1 aromatic heterocycles. The Balaban J connectivity index is 2.00. The third kappa shape index (κ3) is 3.47. The lowest BCUT2D eigenvalue weighted by Crippen LogP contribution is -2.19. The maximum atomic E-state index is 12.7. The Hall–Kier alpha value is -1.76. The van der Waals surface area contributed by atoms with Crippen LogP contribution in [-0.4, -0.2) is 18.9 Å². The lowest BCUT2D eigenvalue weighted by atomic mass is 9.95. The summed E-state index contributed by atoms with van der Waals surface area (Å²) in [6, 6.07) is 2.97. The van der Waals surface area contributed by atoms with Gasteiger partial charge in [0.15, 0.2) is 0 Å². The zero-order chi connectivity index (χ0) is 18.1. The van der Waals surface area contributed by atoms with E-state index in [0.717, 1.165) is 36.1 Å². The number of rotatable bonds is 4. The molecule has 0 spiro atoms. The van der Waals surface area contributed by atoms with Gasteiger partial charge in [-0.3, -0.25) is 9.59 Å². The Kier molecular flexibility index (Phi) is 5.22. The van der Waals surface area contributed by atoms with Gasteiger partial charge < -0.3 is 15.8 Å². The van der Waals surface area contributed by atoms with Crippen LogP contribution >= 0.6 is 34.5 Å². The average Bonchev–Trinajstić information content (AvgIpc) is 2.92. The van der Waals surface area contributed by atoms with E-state index in [9.17, 15) is 9.59 Å². The molecule has 2 amide bonds. The van der Waals surface area contributed by atoms with E-state index in [0.29, 0.717) is 15.6 Å². The van der Waals surface area contributed by atoms with Gasteiger partial charge in [0.2, 0.25) is 0 Å². The topological polar surface area (TPSA) is 81.4 Å². The zero-order valence-electron chi connectivity index (χ0n) is 13.4. The van der Waals surface area contributed by atoms with Crippen LogP contribution in [0.3, 0.4) is 0 Å². The summed E-state index contributed by atoms with van der Waals surface area (Å²) in [5.41, 5.74) is 7.10. The van der Waals surface area contributed by atoms with Crippen molar-refractivity contribution in [3.05, 3.63) is 43.7 Å². The molecule has 0 bridgehead atoms. The molecule has 25 heavy (non-hydrogen) atoms. The van der Waals surface area contributed by atoms with E-state index in [4.69, 9.17) is 33.7 Å². The Morgan fingerprint density at radius 2 is 1.96 bits per heavy atom. The molecule has 3 rings (SSSR count). The minimum atomic E-state index is -0.536. The van der Waals surface area contributed by atoms with E-state index < -0.39 is 11.8 Å². The first-order valence-electron chi connectivity index (χ1n) is 7.71. The van der Waals surface area contributed by atoms with Gasteiger partial charge in [0, 0.05) is 9.90 Å². The van der Waals surface area contributed by atoms with Gasteiger partial charge in [0.25, 0.3) is 11.8 Å². The standard InChI is InChI=1S/C17H16Cl2N2O3S/c1-24-14-10(6-8(18)7-11(14)19)16(23)21-17-13(15(20)22)9-4-2-3-5-12(9)25-17/h6-7H,2-5H2,1H3,(H2,20,22)(H,21,23). The molecule has 0 aliphatic heterocycles. The molecule has 8 heteroatoms. The lowest BCUT2D eigenvalue weighted by Gasteiger charge is -2.12. The fraction of sp³-hybridized carbons (Fsp3) is 0.294. The first kappa shape index (κ1) is 18.0. The van der Waals surface area contributed by atoms with Crippen LogP contribution in [0.2, 0.25) is 10.0 Å². The molecule has 0 fully saturated rings. The number of ether oxygens (including phenoxy) is 1. The van der Waals surface area contributed by atoms with Gasteiger partial charge in [-0.1, -0.05) is 23.2 Å². The second kappa shape index (κ2) is 7.23. The minimum Gasteiger partial charge on any atom is -0.494 e. The number of carbonyl (C=O) groups excluding carboxylic acids is 2. The summed E-state index contributed by atoms with van der Waals surface area (Å²) >= 11 is 13.5. The van der Waals surface area contributed by atoms with Crippen LogP contribution in [0.4, 0.5) is 5.00 Å². The molecule has 1 aliphatic rings. The summed E-state index contributed by atoms with van der Waals surface area (Å²) in [5, 5.41) is 3.79. The second-order valence-corrected chi connectivity index (χ2v) is 7.65. The normalized spacial score (nSPS) is 13.2. The third-order valence-corrected chi connectivity index (χ3v) is 5.81. The summed E-state index contributed by atoms with van der Waals surface area (Å²) in [6.45, 7) is 0. The molecular weight excluding hydrogens is 383 g/mol. The van der Waals surface area contributed by atoms with Crippen molar-refractivity contribution in [3.8, 4) is 5.75 Å². The van der Waals surface area contributed by atoms with Crippen LogP contribution in [0.1, 0.15) is 44.0 Å². The van der Waals surface area contributed by atoms with Gasteiger partial charge in [0.1, 0.15) is 10.8 Å².